The van der Waals surface area contributed by atoms with Gasteiger partial charge in [-0.15, -0.1) is 0 Å². The normalized spacial score (nSPS) is 10.0. The Bertz CT molecular complexity index is 245. The van der Waals surface area contributed by atoms with E-state index in [1.807, 2.05) is 19.1 Å². The Hall–Kier alpha value is -1.18. The standard InChI is InChI=1S/C9H13NO/c1-3-7-4-6(2)9(11)8(10)5-7/h4-5,11H,3,10H2,1-2H3. The van der Waals surface area contributed by atoms with Crippen LogP contribution in [0.4, 0.5) is 5.69 Å². The molecule has 1 rings (SSSR count). The molecule has 0 atom stereocenters. The summed E-state index contributed by atoms with van der Waals surface area (Å²) < 4.78 is 0. The number of rotatable bonds is 1. The quantitative estimate of drug-likeness (QED) is 0.475. The molecule has 0 amide bonds. The highest BCUT2D eigenvalue weighted by Crippen LogP contribution is 2.25. The van der Waals surface area contributed by atoms with Crippen LogP contribution in [0.25, 0.3) is 0 Å². The number of phenols is 1. The lowest BCUT2D eigenvalue weighted by Gasteiger charge is -2.04. The Kier molecular flexibility index (Phi) is 2.03. The van der Waals surface area contributed by atoms with Crippen molar-refractivity contribution in [1.29, 1.82) is 0 Å². The summed E-state index contributed by atoms with van der Waals surface area (Å²) >= 11 is 0. The van der Waals surface area contributed by atoms with Crippen molar-refractivity contribution >= 4 is 5.69 Å². The lowest BCUT2D eigenvalue weighted by molar-refractivity contribution is 0.473. The van der Waals surface area contributed by atoms with Gasteiger partial charge in [-0.3, -0.25) is 0 Å². The van der Waals surface area contributed by atoms with Crippen molar-refractivity contribution in [3.8, 4) is 5.75 Å². The molecular weight excluding hydrogens is 138 g/mol. The molecule has 0 saturated carbocycles. The van der Waals surface area contributed by atoms with Crippen LogP contribution < -0.4 is 5.73 Å². The van der Waals surface area contributed by atoms with Crippen molar-refractivity contribution in [2.24, 2.45) is 0 Å². The summed E-state index contributed by atoms with van der Waals surface area (Å²) in [5, 5.41) is 9.30. The van der Waals surface area contributed by atoms with Gasteiger partial charge in [-0.2, -0.15) is 0 Å². The molecule has 1 aromatic carbocycles. The lowest BCUT2D eigenvalue weighted by Crippen LogP contribution is -1.91. The molecule has 0 aromatic heterocycles. The maximum absolute atomic E-state index is 9.30. The third-order valence-electron chi connectivity index (χ3n) is 1.80. The topological polar surface area (TPSA) is 46.2 Å². The average molecular weight is 151 g/mol. The number of nitrogen functional groups attached to an aromatic ring is 1. The molecule has 0 spiro atoms. The van der Waals surface area contributed by atoms with E-state index in [9.17, 15) is 5.11 Å². The van der Waals surface area contributed by atoms with E-state index in [1.54, 1.807) is 0 Å². The molecule has 2 heteroatoms. The number of aromatic hydroxyl groups is 1. The van der Waals surface area contributed by atoms with Crippen LogP contribution in [0, 0.1) is 6.92 Å². The zero-order valence-electron chi connectivity index (χ0n) is 6.89. The number of hydrogen-bond donors (Lipinski definition) is 2. The molecule has 0 radical (unpaired) electrons. The summed E-state index contributed by atoms with van der Waals surface area (Å²) in [5.74, 6) is 0.210. The first-order valence-corrected chi connectivity index (χ1v) is 3.73. The second-order valence-corrected chi connectivity index (χ2v) is 2.70. The van der Waals surface area contributed by atoms with Gasteiger partial charge in [0.15, 0.2) is 0 Å². The molecule has 3 N–H and O–H groups in total. The average Bonchev–Trinajstić information content (AvgIpc) is 1.99. The van der Waals surface area contributed by atoms with Gasteiger partial charge >= 0.3 is 0 Å². The predicted molar refractivity (Wildman–Crippen MR) is 46.6 cm³/mol. The van der Waals surface area contributed by atoms with Crippen LogP contribution in [0.1, 0.15) is 18.1 Å². The molecule has 60 valence electrons. The van der Waals surface area contributed by atoms with Crippen molar-refractivity contribution < 1.29 is 5.11 Å². The zero-order chi connectivity index (χ0) is 8.43. The largest absolute Gasteiger partial charge is 0.506 e. The maximum Gasteiger partial charge on any atom is 0.141 e. The Balaban J connectivity index is 3.21. The van der Waals surface area contributed by atoms with Crippen LogP contribution in [0.3, 0.4) is 0 Å². The van der Waals surface area contributed by atoms with Crippen molar-refractivity contribution in [2.75, 3.05) is 5.73 Å². The third kappa shape index (κ3) is 1.45. The van der Waals surface area contributed by atoms with Gasteiger partial charge in [0.1, 0.15) is 5.75 Å². The number of nitrogens with two attached hydrogens (primary N) is 1. The Morgan fingerprint density at radius 1 is 1.45 bits per heavy atom. The summed E-state index contributed by atoms with van der Waals surface area (Å²) in [5.41, 5.74) is 8.03. The van der Waals surface area contributed by atoms with E-state index in [1.165, 1.54) is 0 Å². The SMILES string of the molecule is CCc1cc(C)c(O)c(N)c1. The highest BCUT2D eigenvalue weighted by molar-refractivity contribution is 5.57. The van der Waals surface area contributed by atoms with Crippen molar-refractivity contribution in [2.45, 2.75) is 20.3 Å². The van der Waals surface area contributed by atoms with E-state index in [-0.39, 0.29) is 5.75 Å². The second kappa shape index (κ2) is 2.82. The smallest absolute Gasteiger partial charge is 0.141 e. The third-order valence-corrected chi connectivity index (χ3v) is 1.80. The van der Waals surface area contributed by atoms with Crippen molar-refractivity contribution in [3.63, 3.8) is 0 Å². The molecule has 0 unspecified atom stereocenters. The summed E-state index contributed by atoms with van der Waals surface area (Å²) in [4.78, 5) is 0. The van der Waals surface area contributed by atoms with Gasteiger partial charge in [-0.25, -0.2) is 0 Å². The van der Waals surface area contributed by atoms with Crippen LogP contribution in [0.2, 0.25) is 0 Å². The van der Waals surface area contributed by atoms with Crippen LogP contribution >= 0.6 is 0 Å². The molecule has 0 bridgehead atoms. The summed E-state index contributed by atoms with van der Waals surface area (Å²) in [6, 6.07) is 3.76. The molecule has 0 heterocycles. The Labute approximate surface area is 66.7 Å². The van der Waals surface area contributed by atoms with Crippen molar-refractivity contribution in [3.05, 3.63) is 23.3 Å². The highest BCUT2D eigenvalue weighted by atomic mass is 16.3. The van der Waals surface area contributed by atoms with Gasteiger partial charge in [-0.05, 0) is 30.5 Å². The van der Waals surface area contributed by atoms with Gasteiger partial charge in [-0.1, -0.05) is 13.0 Å². The molecule has 0 fully saturated rings. The minimum Gasteiger partial charge on any atom is -0.506 e. The molecule has 11 heavy (non-hydrogen) atoms. The van der Waals surface area contributed by atoms with E-state index in [0.717, 1.165) is 17.5 Å². The molecular formula is C9H13NO. The van der Waals surface area contributed by atoms with Crippen LogP contribution in [-0.2, 0) is 6.42 Å². The highest BCUT2D eigenvalue weighted by Gasteiger charge is 2.01. The van der Waals surface area contributed by atoms with Gasteiger partial charge in [0.05, 0.1) is 5.69 Å². The molecule has 2 nitrogen and oxygen atoms in total. The van der Waals surface area contributed by atoms with E-state index in [0.29, 0.717) is 5.69 Å². The van der Waals surface area contributed by atoms with E-state index < -0.39 is 0 Å². The molecule has 0 aliphatic heterocycles. The lowest BCUT2D eigenvalue weighted by atomic mass is 10.1. The van der Waals surface area contributed by atoms with Crippen LogP contribution in [0.5, 0.6) is 5.75 Å². The fourth-order valence-corrected chi connectivity index (χ4v) is 1.09. The van der Waals surface area contributed by atoms with E-state index >= 15 is 0 Å². The maximum atomic E-state index is 9.30. The number of hydrogen-bond acceptors (Lipinski definition) is 2. The fourth-order valence-electron chi connectivity index (χ4n) is 1.09. The van der Waals surface area contributed by atoms with Gasteiger partial charge < -0.3 is 10.8 Å². The number of anilines is 1. The molecule has 0 aliphatic carbocycles. The van der Waals surface area contributed by atoms with Crippen molar-refractivity contribution in [1.82, 2.24) is 0 Å². The summed E-state index contributed by atoms with van der Waals surface area (Å²) in [7, 11) is 0. The number of phenolic OH excluding ortho intramolecular Hbond substituents is 1. The second-order valence-electron chi connectivity index (χ2n) is 2.70. The molecule has 1 aromatic rings. The monoisotopic (exact) mass is 151 g/mol. The van der Waals surface area contributed by atoms with Gasteiger partial charge in [0, 0.05) is 0 Å². The first-order chi connectivity index (χ1) is 5.15. The first-order valence-electron chi connectivity index (χ1n) is 3.73. The van der Waals surface area contributed by atoms with Crippen LogP contribution in [-0.4, -0.2) is 5.11 Å². The molecule has 0 aliphatic rings. The zero-order valence-corrected chi connectivity index (χ0v) is 6.89. The van der Waals surface area contributed by atoms with E-state index in [2.05, 4.69) is 6.92 Å². The molecule has 0 saturated heterocycles. The Morgan fingerprint density at radius 2 is 2.09 bits per heavy atom. The summed E-state index contributed by atoms with van der Waals surface area (Å²) in [6.45, 7) is 3.91. The van der Waals surface area contributed by atoms with Crippen LogP contribution in [0.15, 0.2) is 12.1 Å². The van der Waals surface area contributed by atoms with Gasteiger partial charge in [0.2, 0.25) is 0 Å². The van der Waals surface area contributed by atoms with E-state index in [4.69, 9.17) is 5.73 Å². The summed E-state index contributed by atoms with van der Waals surface area (Å²) in [6.07, 6.45) is 0.950. The Morgan fingerprint density at radius 3 is 2.55 bits per heavy atom. The predicted octanol–water partition coefficient (Wildman–Crippen LogP) is 1.85. The number of benzene rings is 1. The minimum atomic E-state index is 0.210. The first kappa shape index (κ1) is 7.92. The fraction of sp³-hybridized carbons (Fsp3) is 0.333. The number of aryl methyl sites for hydroxylation is 2. The minimum absolute atomic E-state index is 0.210. The van der Waals surface area contributed by atoms with Gasteiger partial charge in [0.25, 0.3) is 0 Å².